The van der Waals surface area contributed by atoms with Gasteiger partial charge in [-0.2, -0.15) is 5.10 Å². The van der Waals surface area contributed by atoms with Gasteiger partial charge in [0.1, 0.15) is 13.2 Å². The zero-order chi connectivity index (χ0) is 17.3. The Hall–Kier alpha value is -2.57. The average molecular weight is 330 g/mol. The molecule has 1 aromatic heterocycles. The highest BCUT2D eigenvalue weighted by molar-refractivity contribution is 5.73. The second kappa shape index (κ2) is 6.51. The van der Waals surface area contributed by atoms with E-state index in [9.17, 15) is 4.79 Å². The Morgan fingerprint density at radius 1 is 1.21 bits per heavy atom. The molecule has 1 aromatic carbocycles. The van der Waals surface area contributed by atoms with Crippen molar-refractivity contribution in [1.82, 2.24) is 20.1 Å². The number of nitrogens with one attached hydrogen (secondary N) is 1. The maximum atomic E-state index is 11.4. The minimum absolute atomic E-state index is 0.106. The first-order valence-corrected chi connectivity index (χ1v) is 8.09. The van der Waals surface area contributed by atoms with Crippen LogP contribution in [0.2, 0.25) is 0 Å². The molecule has 1 amide bonds. The van der Waals surface area contributed by atoms with E-state index in [4.69, 9.17) is 9.47 Å². The van der Waals surface area contributed by atoms with Gasteiger partial charge in [-0.3, -0.25) is 4.79 Å². The van der Waals surface area contributed by atoms with E-state index in [-0.39, 0.29) is 17.9 Å². The van der Waals surface area contributed by atoms with E-state index in [1.807, 2.05) is 39.0 Å². The Bertz CT molecular complexity index is 754. The van der Waals surface area contributed by atoms with Crippen molar-refractivity contribution in [2.24, 2.45) is 0 Å². The van der Waals surface area contributed by atoms with E-state index in [1.165, 1.54) is 6.92 Å². The molecule has 2 heterocycles. The van der Waals surface area contributed by atoms with Crippen LogP contribution in [-0.4, -0.2) is 33.9 Å². The zero-order valence-corrected chi connectivity index (χ0v) is 14.4. The molecule has 1 N–H and O–H groups in total. The Morgan fingerprint density at radius 3 is 2.58 bits per heavy atom. The number of hydrogen-bond donors (Lipinski definition) is 1. The van der Waals surface area contributed by atoms with Crippen LogP contribution in [0.4, 0.5) is 0 Å². The van der Waals surface area contributed by atoms with Crippen LogP contribution >= 0.6 is 0 Å². The lowest BCUT2D eigenvalue weighted by molar-refractivity contribution is -0.119. The van der Waals surface area contributed by atoms with Crippen LogP contribution < -0.4 is 14.8 Å². The molecule has 0 fully saturated rings. The summed E-state index contributed by atoms with van der Waals surface area (Å²) in [5.41, 5.74) is 0.825. The molecule has 0 radical (unpaired) electrons. The zero-order valence-electron chi connectivity index (χ0n) is 14.4. The van der Waals surface area contributed by atoms with Crippen molar-refractivity contribution < 1.29 is 14.3 Å². The summed E-state index contributed by atoms with van der Waals surface area (Å²) >= 11 is 0. The predicted octanol–water partition coefficient (Wildman–Crippen LogP) is 2.36. The Kier molecular flexibility index (Phi) is 4.42. The monoisotopic (exact) mass is 330 g/mol. The van der Waals surface area contributed by atoms with E-state index in [2.05, 4.69) is 15.4 Å². The number of ether oxygens (including phenoxy) is 2. The molecule has 3 rings (SSSR count). The summed E-state index contributed by atoms with van der Waals surface area (Å²) in [4.78, 5) is 16.0. The summed E-state index contributed by atoms with van der Waals surface area (Å²) in [6.45, 7) is 8.54. The second-order valence-electron chi connectivity index (χ2n) is 6.14. The van der Waals surface area contributed by atoms with Crippen molar-refractivity contribution in [3.8, 4) is 17.2 Å². The van der Waals surface area contributed by atoms with E-state index in [1.54, 1.807) is 4.68 Å². The quantitative estimate of drug-likeness (QED) is 0.931. The Morgan fingerprint density at radius 2 is 1.92 bits per heavy atom. The Balaban J connectivity index is 2.04. The fourth-order valence-electron chi connectivity index (χ4n) is 2.59. The van der Waals surface area contributed by atoms with Crippen molar-refractivity contribution in [3.05, 3.63) is 29.8 Å². The van der Waals surface area contributed by atoms with Gasteiger partial charge in [0.05, 0.1) is 11.7 Å². The van der Waals surface area contributed by atoms with Crippen molar-refractivity contribution in [2.75, 3.05) is 13.2 Å². The van der Waals surface area contributed by atoms with Gasteiger partial charge in [-0.05, 0) is 19.1 Å². The first-order valence-electron chi connectivity index (χ1n) is 8.09. The van der Waals surface area contributed by atoms with Crippen LogP contribution in [0.5, 0.6) is 11.5 Å². The number of rotatable bonds is 4. The highest BCUT2D eigenvalue weighted by atomic mass is 16.6. The maximum Gasteiger partial charge on any atom is 0.217 e. The first-order chi connectivity index (χ1) is 11.5. The molecule has 0 aliphatic carbocycles. The van der Waals surface area contributed by atoms with Crippen molar-refractivity contribution in [2.45, 2.75) is 39.7 Å². The standard InChI is InChI=1S/C17H22N4O3/c1-10(2)16-19-17(11(3)18-12(4)22)21(20-16)13-5-6-14-15(9-13)24-8-7-23-14/h5-6,9-11H,7-8H2,1-4H3,(H,18,22). The van der Waals surface area contributed by atoms with Crippen LogP contribution in [0.25, 0.3) is 5.69 Å². The number of hydrogen-bond acceptors (Lipinski definition) is 5. The number of nitrogens with zero attached hydrogens (tertiary/aromatic N) is 3. The second-order valence-corrected chi connectivity index (χ2v) is 6.14. The lowest BCUT2D eigenvalue weighted by Crippen LogP contribution is -2.26. The van der Waals surface area contributed by atoms with Crippen LogP contribution in [0, 0.1) is 0 Å². The average Bonchev–Trinajstić information content (AvgIpc) is 2.99. The molecule has 2 aromatic rings. The van der Waals surface area contributed by atoms with Crippen molar-refractivity contribution in [1.29, 1.82) is 0 Å². The molecular formula is C17H22N4O3. The van der Waals surface area contributed by atoms with E-state index >= 15 is 0 Å². The number of carbonyl (C=O) groups excluding carboxylic acids is 1. The molecule has 1 atom stereocenters. The third-order valence-corrected chi connectivity index (χ3v) is 3.74. The highest BCUT2D eigenvalue weighted by Crippen LogP contribution is 2.32. The molecular weight excluding hydrogens is 308 g/mol. The summed E-state index contributed by atoms with van der Waals surface area (Å²) in [5, 5.41) is 7.48. The maximum absolute atomic E-state index is 11.4. The molecule has 1 aliphatic rings. The normalized spacial score (nSPS) is 14.5. The fraction of sp³-hybridized carbons (Fsp3) is 0.471. The number of fused-ring (bicyclic) bond motifs is 1. The van der Waals surface area contributed by atoms with Gasteiger partial charge >= 0.3 is 0 Å². The van der Waals surface area contributed by atoms with E-state index in [0.29, 0.717) is 24.8 Å². The number of carbonyl (C=O) groups is 1. The summed E-state index contributed by atoms with van der Waals surface area (Å²) in [6, 6.07) is 5.41. The summed E-state index contributed by atoms with van der Waals surface area (Å²) in [7, 11) is 0. The number of benzene rings is 1. The summed E-state index contributed by atoms with van der Waals surface area (Å²) < 4.78 is 13.0. The molecule has 24 heavy (non-hydrogen) atoms. The third kappa shape index (κ3) is 3.20. The van der Waals surface area contributed by atoms with Crippen LogP contribution in [-0.2, 0) is 4.79 Å². The van der Waals surface area contributed by atoms with Gasteiger partial charge in [-0.1, -0.05) is 13.8 Å². The minimum Gasteiger partial charge on any atom is -0.486 e. The lowest BCUT2D eigenvalue weighted by atomic mass is 10.2. The molecule has 1 aliphatic heterocycles. The van der Waals surface area contributed by atoms with Gasteiger partial charge < -0.3 is 14.8 Å². The lowest BCUT2D eigenvalue weighted by Gasteiger charge is -2.19. The Labute approximate surface area is 141 Å². The van der Waals surface area contributed by atoms with Gasteiger partial charge in [0.2, 0.25) is 5.91 Å². The molecule has 7 nitrogen and oxygen atoms in total. The van der Waals surface area contributed by atoms with E-state index < -0.39 is 0 Å². The van der Waals surface area contributed by atoms with Gasteiger partial charge in [0.25, 0.3) is 0 Å². The molecule has 0 spiro atoms. The predicted molar refractivity (Wildman–Crippen MR) is 88.7 cm³/mol. The number of amides is 1. The molecule has 0 bridgehead atoms. The van der Waals surface area contributed by atoms with Gasteiger partial charge in [0.15, 0.2) is 23.1 Å². The van der Waals surface area contributed by atoms with Crippen LogP contribution in [0.3, 0.4) is 0 Å². The molecule has 7 heteroatoms. The fourth-order valence-corrected chi connectivity index (χ4v) is 2.59. The third-order valence-electron chi connectivity index (χ3n) is 3.74. The molecule has 0 saturated carbocycles. The van der Waals surface area contributed by atoms with Crippen molar-refractivity contribution >= 4 is 5.91 Å². The van der Waals surface area contributed by atoms with Crippen LogP contribution in [0.15, 0.2) is 18.2 Å². The summed E-state index contributed by atoms with van der Waals surface area (Å²) in [5.74, 6) is 2.92. The van der Waals surface area contributed by atoms with Gasteiger partial charge in [0, 0.05) is 18.9 Å². The summed E-state index contributed by atoms with van der Waals surface area (Å²) in [6.07, 6.45) is 0. The smallest absolute Gasteiger partial charge is 0.217 e. The van der Waals surface area contributed by atoms with Gasteiger partial charge in [-0.25, -0.2) is 9.67 Å². The molecule has 0 saturated heterocycles. The largest absolute Gasteiger partial charge is 0.486 e. The SMILES string of the molecule is CC(=O)NC(C)c1nc(C(C)C)nn1-c1ccc2c(c1)OCCO2. The highest BCUT2D eigenvalue weighted by Gasteiger charge is 2.21. The minimum atomic E-state index is -0.254. The van der Waals surface area contributed by atoms with E-state index in [0.717, 1.165) is 17.3 Å². The molecule has 128 valence electrons. The molecule has 1 unspecified atom stereocenters. The van der Waals surface area contributed by atoms with Crippen molar-refractivity contribution in [3.63, 3.8) is 0 Å². The topological polar surface area (TPSA) is 78.3 Å². The van der Waals surface area contributed by atoms with Gasteiger partial charge in [-0.15, -0.1) is 0 Å². The number of aromatic nitrogens is 3. The van der Waals surface area contributed by atoms with Crippen LogP contribution in [0.1, 0.15) is 51.3 Å². The first kappa shape index (κ1) is 16.3.